The average molecular weight is 179 g/mol. The SMILES string of the molecule is [C-]#[N+]C(C)c1ccc(OC)c(F)c1. The zero-order valence-electron chi connectivity index (χ0n) is 7.54. The lowest BCUT2D eigenvalue weighted by Gasteiger charge is -2.03. The highest BCUT2D eigenvalue weighted by molar-refractivity contribution is 5.31. The molecule has 0 aliphatic carbocycles. The van der Waals surface area contributed by atoms with Gasteiger partial charge in [-0.3, -0.25) is 0 Å². The van der Waals surface area contributed by atoms with Gasteiger partial charge in [0.1, 0.15) is 0 Å². The van der Waals surface area contributed by atoms with Crippen LogP contribution in [0.2, 0.25) is 0 Å². The van der Waals surface area contributed by atoms with Crippen molar-refractivity contribution in [2.45, 2.75) is 13.0 Å². The number of rotatable bonds is 2. The van der Waals surface area contributed by atoms with Gasteiger partial charge in [0.05, 0.1) is 7.11 Å². The first-order chi connectivity index (χ1) is 6.19. The summed E-state index contributed by atoms with van der Waals surface area (Å²) < 4.78 is 17.9. The van der Waals surface area contributed by atoms with Crippen molar-refractivity contribution < 1.29 is 9.13 Å². The summed E-state index contributed by atoms with van der Waals surface area (Å²) in [5.41, 5.74) is 0.674. The molecule has 13 heavy (non-hydrogen) atoms. The molecule has 1 unspecified atom stereocenters. The Labute approximate surface area is 76.8 Å². The molecule has 0 bridgehead atoms. The van der Waals surface area contributed by atoms with Crippen LogP contribution in [0.1, 0.15) is 18.5 Å². The van der Waals surface area contributed by atoms with Gasteiger partial charge in [0, 0.05) is 12.5 Å². The van der Waals surface area contributed by atoms with Crippen molar-refractivity contribution in [1.29, 1.82) is 0 Å². The first kappa shape index (κ1) is 9.53. The van der Waals surface area contributed by atoms with E-state index in [1.807, 2.05) is 0 Å². The van der Waals surface area contributed by atoms with Crippen LogP contribution in [0.4, 0.5) is 4.39 Å². The Kier molecular flexibility index (Phi) is 2.86. The Morgan fingerprint density at radius 2 is 2.23 bits per heavy atom. The second-order valence-corrected chi connectivity index (χ2v) is 2.70. The zero-order chi connectivity index (χ0) is 9.84. The normalized spacial score (nSPS) is 11.8. The van der Waals surface area contributed by atoms with E-state index in [9.17, 15) is 4.39 Å². The molecule has 0 saturated carbocycles. The lowest BCUT2D eigenvalue weighted by Crippen LogP contribution is -1.92. The summed E-state index contributed by atoms with van der Waals surface area (Å²) in [6.07, 6.45) is 0. The maximum Gasteiger partial charge on any atom is 0.246 e. The molecule has 0 heterocycles. The molecule has 1 aromatic carbocycles. The fraction of sp³-hybridized carbons (Fsp3) is 0.300. The first-order valence-electron chi connectivity index (χ1n) is 3.89. The maximum atomic E-state index is 13.1. The molecule has 0 aliphatic rings. The molecule has 1 rings (SSSR count). The van der Waals surface area contributed by atoms with Crippen LogP contribution in [-0.4, -0.2) is 7.11 Å². The molecule has 68 valence electrons. The van der Waals surface area contributed by atoms with Gasteiger partial charge >= 0.3 is 0 Å². The molecule has 0 fully saturated rings. The number of benzene rings is 1. The highest BCUT2D eigenvalue weighted by Gasteiger charge is 2.11. The van der Waals surface area contributed by atoms with E-state index in [1.165, 1.54) is 19.2 Å². The molecule has 0 amide bonds. The van der Waals surface area contributed by atoms with E-state index >= 15 is 0 Å². The van der Waals surface area contributed by atoms with Crippen LogP contribution in [0.3, 0.4) is 0 Å². The number of hydrogen-bond donors (Lipinski definition) is 0. The summed E-state index contributed by atoms with van der Waals surface area (Å²) in [6.45, 7) is 8.52. The highest BCUT2D eigenvalue weighted by Crippen LogP contribution is 2.23. The summed E-state index contributed by atoms with van der Waals surface area (Å²) in [5, 5.41) is 0. The van der Waals surface area contributed by atoms with Gasteiger partial charge in [-0.1, -0.05) is 0 Å². The van der Waals surface area contributed by atoms with E-state index in [-0.39, 0.29) is 11.8 Å². The van der Waals surface area contributed by atoms with E-state index in [1.54, 1.807) is 13.0 Å². The summed E-state index contributed by atoms with van der Waals surface area (Å²) in [6, 6.07) is 4.26. The van der Waals surface area contributed by atoms with E-state index in [4.69, 9.17) is 11.3 Å². The Bertz CT molecular complexity index is 343. The fourth-order valence-corrected chi connectivity index (χ4v) is 1.02. The molecule has 0 aliphatic heterocycles. The monoisotopic (exact) mass is 179 g/mol. The summed E-state index contributed by atoms with van der Waals surface area (Å²) in [4.78, 5) is 3.30. The molecule has 1 aromatic rings. The second-order valence-electron chi connectivity index (χ2n) is 2.70. The number of hydrogen-bond acceptors (Lipinski definition) is 1. The number of ether oxygens (including phenoxy) is 1. The molecule has 1 atom stereocenters. The second kappa shape index (κ2) is 3.90. The van der Waals surface area contributed by atoms with E-state index < -0.39 is 5.82 Å². The highest BCUT2D eigenvalue weighted by atomic mass is 19.1. The van der Waals surface area contributed by atoms with Gasteiger partial charge in [-0.15, -0.1) is 0 Å². The first-order valence-corrected chi connectivity index (χ1v) is 3.89. The van der Waals surface area contributed by atoms with Crippen LogP contribution in [0.5, 0.6) is 5.75 Å². The lowest BCUT2D eigenvalue weighted by atomic mass is 10.1. The van der Waals surface area contributed by atoms with Gasteiger partial charge in [0.2, 0.25) is 6.04 Å². The maximum absolute atomic E-state index is 13.1. The molecule has 3 heteroatoms. The van der Waals surface area contributed by atoms with Crippen molar-refractivity contribution in [1.82, 2.24) is 0 Å². The van der Waals surface area contributed by atoms with Crippen LogP contribution in [0.25, 0.3) is 4.85 Å². The predicted octanol–water partition coefficient (Wildman–Crippen LogP) is 2.81. The minimum absolute atomic E-state index is 0.209. The standard InChI is InChI=1S/C10H10FNO/c1-7(12-2)8-4-5-10(13-3)9(11)6-8/h4-7H,1,3H3. The summed E-state index contributed by atoms with van der Waals surface area (Å²) >= 11 is 0. The van der Waals surface area contributed by atoms with Crippen molar-refractivity contribution in [2.75, 3.05) is 7.11 Å². The van der Waals surface area contributed by atoms with E-state index in [0.717, 1.165) is 0 Å². The third kappa shape index (κ3) is 1.97. The quantitative estimate of drug-likeness (QED) is 0.636. The van der Waals surface area contributed by atoms with Gasteiger partial charge < -0.3 is 9.58 Å². The molecule has 0 aromatic heterocycles. The van der Waals surface area contributed by atoms with Crippen molar-refractivity contribution in [3.05, 3.63) is 41.0 Å². The minimum Gasteiger partial charge on any atom is -0.494 e. The van der Waals surface area contributed by atoms with Gasteiger partial charge in [0.25, 0.3) is 0 Å². The largest absolute Gasteiger partial charge is 0.494 e. The van der Waals surface area contributed by atoms with Crippen molar-refractivity contribution in [3.63, 3.8) is 0 Å². The minimum atomic E-state index is -0.421. The topological polar surface area (TPSA) is 13.6 Å². The summed E-state index contributed by atoms with van der Waals surface area (Å²) in [7, 11) is 1.41. The Hall–Kier alpha value is -1.56. The van der Waals surface area contributed by atoms with Crippen molar-refractivity contribution in [2.24, 2.45) is 0 Å². The number of halogens is 1. The van der Waals surface area contributed by atoms with Gasteiger partial charge in [-0.05, 0) is 18.2 Å². The third-order valence-electron chi connectivity index (χ3n) is 1.85. The fourth-order valence-electron chi connectivity index (χ4n) is 1.02. The Morgan fingerprint density at radius 1 is 1.54 bits per heavy atom. The molecule has 0 radical (unpaired) electrons. The molecule has 0 saturated heterocycles. The average Bonchev–Trinajstić information content (AvgIpc) is 2.16. The van der Waals surface area contributed by atoms with E-state index in [2.05, 4.69) is 4.85 Å². The van der Waals surface area contributed by atoms with Crippen LogP contribution in [-0.2, 0) is 0 Å². The van der Waals surface area contributed by atoms with Gasteiger partial charge in [-0.2, -0.15) is 0 Å². The molecule has 2 nitrogen and oxygen atoms in total. The van der Waals surface area contributed by atoms with Crippen LogP contribution >= 0.6 is 0 Å². The van der Waals surface area contributed by atoms with Crippen molar-refractivity contribution in [3.8, 4) is 5.75 Å². The smallest absolute Gasteiger partial charge is 0.246 e. The number of nitrogens with zero attached hydrogens (tertiary/aromatic N) is 1. The van der Waals surface area contributed by atoms with Gasteiger partial charge in [-0.25, -0.2) is 11.0 Å². The van der Waals surface area contributed by atoms with Crippen molar-refractivity contribution >= 4 is 0 Å². The Morgan fingerprint density at radius 3 is 2.69 bits per heavy atom. The van der Waals surface area contributed by atoms with Crippen LogP contribution < -0.4 is 4.74 Å². The number of methoxy groups -OCH3 is 1. The zero-order valence-corrected chi connectivity index (χ0v) is 7.54. The molecular formula is C10H10FNO. The lowest BCUT2D eigenvalue weighted by molar-refractivity contribution is 0.386. The third-order valence-corrected chi connectivity index (χ3v) is 1.85. The van der Waals surface area contributed by atoms with E-state index in [0.29, 0.717) is 5.56 Å². The van der Waals surface area contributed by atoms with Gasteiger partial charge in [0.15, 0.2) is 11.6 Å². The molecule has 0 N–H and O–H groups in total. The molecular weight excluding hydrogens is 169 g/mol. The predicted molar refractivity (Wildman–Crippen MR) is 48.0 cm³/mol. The Balaban J connectivity index is 3.04. The van der Waals surface area contributed by atoms with Crippen LogP contribution in [0, 0.1) is 12.4 Å². The van der Waals surface area contributed by atoms with Crippen LogP contribution in [0.15, 0.2) is 18.2 Å². The molecule has 0 spiro atoms. The summed E-state index contributed by atoms with van der Waals surface area (Å²) in [5.74, 6) is -0.212.